The molecule has 0 aliphatic heterocycles. The van der Waals surface area contributed by atoms with Gasteiger partial charge in [0.1, 0.15) is 5.71 Å². The van der Waals surface area contributed by atoms with Crippen LogP contribution in [0.5, 0.6) is 0 Å². The van der Waals surface area contributed by atoms with Gasteiger partial charge in [0.2, 0.25) is 0 Å². The highest BCUT2D eigenvalue weighted by atomic mass is 32.2. The number of hydrogen-bond donors (Lipinski definition) is 1. The van der Waals surface area contributed by atoms with Gasteiger partial charge in [0.15, 0.2) is 0 Å². The Bertz CT molecular complexity index is 819. The molecule has 0 spiro atoms. The fourth-order valence-electron chi connectivity index (χ4n) is 2.34. The van der Waals surface area contributed by atoms with E-state index in [0.29, 0.717) is 5.71 Å². The van der Waals surface area contributed by atoms with Crippen molar-refractivity contribution >= 4 is 57.2 Å². The van der Waals surface area contributed by atoms with Gasteiger partial charge >= 0.3 is 0 Å². The Kier molecular flexibility index (Phi) is 4.47. The Balaban J connectivity index is 2.10. The zero-order chi connectivity index (χ0) is 15.7. The number of nitrogens with zero attached hydrogens (tertiary/aromatic N) is 1. The van der Waals surface area contributed by atoms with Crippen LogP contribution in [-0.4, -0.2) is 17.7 Å². The Labute approximate surface area is 143 Å². The Morgan fingerprint density at radius 1 is 0.909 bits per heavy atom. The van der Waals surface area contributed by atoms with Crippen molar-refractivity contribution in [3.05, 3.63) is 55.9 Å². The molecule has 5 heteroatoms. The summed E-state index contributed by atoms with van der Waals surface area (Å²) in [7, 11) is 0. The summed E-state index contributed by atoms with van der Waals surface area (Å²) in [6.07, 6.45) is 6.09. The fourth-order valence-corrected chi connectivity index (χ4v) is 4.51. The van der Waals surface area contributed by atoms with Gasteiger partial charge in [0, 0.05) is 36.9 Å². The molecular weight excluding hydrogens is 328 g/mol. The van der Waals surface area contributed by atoms with E-state index in [2.05, 4.69) is 54.7 Å². The minimum absolute atomic E-state index is 0.514. The summed E-state index contributed by atoms with van der Waals surface area (Å²) in [5.74, 6) is 0. The first-order valence-corrected chi connectivity index (χ1v) is 9.68. The van der Waals surface area contributed by atoms with Crippen molar-refractivity contribution in [3.63, 3.8) is 0 Å². The van der Waals surface area contributed by atoms with Crippen LogP contribution in [0.4, 0.5) is 0 Å². The maximum atomic E-state index is 8.60. The zero-order valence-electron chi connectivity index (χ0n) is 12.6. The molecule has 2 aromatic heterocycles. The summed E-state index contributed by atoms with van der Waals surface area (Å²) in [5.41, 5.74) is 3.30. The molecule has 112 valence electrons. The molecule has 0 unspecified atom stereocenters. The minimum atomic E-state index is 0.514. The summed E-state index contributed by atoms with van der Waals surface area (Å²) in [6, 6.07) is 8.42. The van der Waals surface area contributed by atoms with Gasteiger partial charge in [-0.05, 0) is 50.1 Å². The van der Waals surface area contributed by atoms with E-state index < -0.39 is 0 Å². The van der Waals surface area contributed by atoms with E-state index in [9.17, 15) is 0 Å². The second-order valence-corrected chi connectivity index (χ2v) is 8.10. The zero-order valence-corrected chi connectivity index (χ0v) is 15.1. The molecule has 0 bridgehead atoms. The van der Waals surface area contributed by atoms with E-state index in [4.69, 9.17) is 5.41 Å². The highest BCUT2D eigenvalue weighted by Crippen LogP contribution is 2.34. The highest BCUT2D eigenvalue weighted by molar-refractivity contribution is 7.97. The molecule has 1 N–H and O–H groups in total. The predicted octanol–water partition coefficient (Wildman–Crippen LogP) is 5.65. The predicted molar refractivity (Wildman–Crippen MR) is 103 cm³/mol. The maximum Gasteiger partial charge on any atom is 0.105 e. The van der Waals surface area contributed by atoms with Gasteiger partial charge in [-0.15, -0.1) is 22.7 Å². The van der Waals surface area contributed by atoms with E-state index in [-0.39, 0.29) is 0 Å². The molecule has 0 aromatic carbocycles. The monoisotopic (exact) mass is 344 g/mol. The number of thiophene rings is 2. The van der Waals surface area contributed by atoms with Crippen molar-refractivity contribution in [1.29, 1.82) is 5.41 Å². The number of nitrogens with one attached hydrogen (secondary N) is 1. The van der Waals surface area contributed by atoms with Crippen molar-refractivity contribution in [2.75, 3.05) is 6.26 Å². The van der Waals surface area contributed by atoms with Gasteiger partial charge in [-0.1, -0.05) is 12.2 Å². The lowest BCUT2D eigenvalue weighted by Gasteiger charge is -2.17. The molecule has 0 fully saturated rings. The first kappa shape index (κ1) is 15.5. The third-order valence-corrected chi connectivity index (χ3v) is 5.81. The van der Waals surface area contributed by atoms with E-state index in [1.165, 1.54) is 26.6 Å². The van der Waals surface area contributed by atoms with Crippen molar-refractivity contribution in [3.8, 4) is 0 Å². The van der Waals surface area contributed by atoms with E-state index in [0.717, 1.165) is 21.7 Å². The first-order chi connectivity index (χ1) is 10.6. The first-order valence-electron chi connectivity index (χ1n) is 6.86. The number of hydrogen-bond acceptors (Lipinski definition) is 5. The summed E-state index contributed by atoms with van der Waals surface area (Å²) in [6.45, 7) is 4.19. The van der Waals surface area contributed by atoms with Crippen LogP contribution in [0.2, 0.25) is 0 Å². The molecule has 2 aromatic rings. The molecular formula is C17H16N2S3. The maximum absolute atomic E-state index is 8.60. The van der Waals surface area contributed by atoms with Crippen LogP contribution in [0.1, 0.15) is 19.5 Å². The number of allylic oxidation sites excluding steroid dienone is 4. The lowest BCUT2D eigenvalue weighted by atomic mass is 9.92. The molecule has 1 aliphatic rings. The van der Waals surface area contributed by atoms with Gasteiger partial charge < -0.3 is 0 Å². The van der Waals surface area contributed by atoms with Crippen LogP contribution in [0.3, 0.4) is 0 Å². The third kappa shape index (κ3) is 2.89. The van der Waals surface area contributed by atoms with E-state index in [1.54, 1.807) is 22.7 Å². The van der Waals surface area contributed by atoms with E-state index in [1.807, 2.05) is 6.26 Å². The highest BCUT2D eigenvalue weighted by Gasteiger charge is 2.24. The topological polar surface area (TPSA) is 36.2 Å². The molecule has 0 atom stereocenters. The van der Waals surface area contributed by atoms with Gasteiger partial charge in [-0.2, -0.15) is 0 Å². The Morgan fingerprint density at radius 2 is 1.45 bits per heavy atom. The van der Waals surface area contributed by atoms with Crippen LogP contribution < -0.4 is 0 Å². The fraction of sp³-hybridized carbons (Fsp3) is 0.176. The summed E-state index contributed by atoms with van der Waals surface area (Å²) in [4.78, 5) is 4.84. The molecule has 0 radical (unpaired) electrons. The molecule has 22 heavy (non-hydrogen) atoms. The average Bonchev–Trinajstić information content (AvgIpc) is 3.10. The van der Waals surface area contributed by atoms with Gasteiger partial charge in [0.25, 0.3) is 0 Å². The van der Waals surface area contributed by atoms with Crippen LogP contribution in [0.25, 0.3) is 11.1 Å². The molecule has 0 amide bonds. The van der Waals surface area contributed by atoms with Crippen molar-refractivity contribution in [1.82, 2.24) is 0 Å². The second-order valence-electron chi connectivity index (χ2n) is 4.98. The molecule has 2 nitrogen and oxygen atoms in total. The minimum Gasteiger partial charge on any atom is -0.298 e. The van der Waals surface area contributed by atoms with Crippen LogP contribution in [0, 0.1) is 19.3 Å². The van der Waals surface area contributed by atoms with Crippen molar-refractivity contribution in [2.45, 2.75) is 13.8 Å². The summed E-state index contributed by atoms with van der Waals surface area (Å²) >= 11 is 4.87. The molecule has 0 saturated carbocycles. The molecule has 2 heterocycles. The molecule has 0 saturated heterocycles. The lowest BCUT2D eigenvalue weighted by Crippen LogP contribution is -2.18. The average molecular weight is 345 g/mol. The SMILES string of the molecule is CSN=C1C(=N)C(c2ccc(C)s2)=CC=C1c1ccc(C)s1. The molecule has 3 rings (SSSR count). The van der Waals surface area contributed by atoms with Gasteiger partial charge in [0.05, 0.1) is 5.71 Å². The Hall–Kier alpha value is -1.43. The smallest absolute Gasteiger partial charge is 0.105 e. The van der Waals surface area contributed by atoms with Crippen LogP contribution >= 0.6 is 34.6 Å². The van der Waals surface area contributed by atoms with Crippen LogP contribution in [-0.2, 0) is 0 Å². The van der Waals surface area contributed by atoms with Crippen molar-refractivity contribution in [2.24, 2.45) is 4.40 Å². The van der Waals surface area contributed by atoms with E-state index >= 15 is 0 Å². The lowest BCUT2D eigenvalue weighted by molar-refractivity contribution is 1.54. The summed E-state index contributed by atoms with van der Waals surface area (Å²) in [5, 5.41) is 8.60. The summed E-state index contributed by atoms with van der Waals surface area (Å²) < 4.78 is 4.53. The normalized spacial score (nSPS) is 16.9. The second kappa shape index (κ2) is 6.36. The quantitative estimate of drug-likeness (QED) is 0.567. The number of aryl methyl sites for hydroxylation is 2. The standard InChI is InChI=1S/C17H16N2S3/c1-10-4-8-14(21-10)12-6-7-13(15-9-5-11(2)22-15)17(16(12)18)19-20-3/h4-9,18H,1-3H3. The molecule has 1 aliphatic carbocycles. The van der Waals surface area contributed by atoms with Gasteiger partial charge in [-0.3, -0.25) is 5.41 Å². The van der Waals surface area contributed by atoms with Crippen molar-refractivity contribution < 1.29 is 0 Å². The third-order valence-electron chi connectivity index (χ3n) is 3.37. The van der Waals surface area contributed by atoms with Gasteiger partial charge in [-0.25, -0.2) is 4.40 Å². The number of rotatable bonds is 3. The van der Waals surface area contributed by atoms with Crippen LogP contribution in [0.15, 0.2) is 40.8 Å². The largest absolute Gasteiger partial charge is 0.298 e. The Morgan fingerprint density at radius 3 is 1.95 bits per heavy atom.